The molecule has 3 aromatic rings. The summed E-state index contributed by atoms with van der Waals surface area (Å²) in [6, 6.07) is 21.2. The Morgan fingerprint density at radius 3 is 2.31 bits per heavy atom. The van der Waals surface area contributed by atoms with Gasteiger partial charge in [-0.15, -0.1) is 0 Å². The van der Waals surface area contributed by atoms with E-state index in [1.165, 1.54) is 0 Å². The van der Waals surface area contributed by atoms with Gasteiger partial charge in [0.2, 0.25) is 0 Å². The summed E-state index contributed by atoms with van der Waals surface area (Å²) in [5.41, 5.74) is 5.85. The molecule has 0 saturated heterocycles. The summed E-state index contributed by atoms with van der Waals surface area (Å²) in [7, 11) is 1.60. The number of nitrogens with one attached hydrogen (secondary N) is 2. The van der Waals surface area contributed by atoms with E-state index in [0.29, 0.717) is 16.8 Å². The molecule has 3 aromatic carbocycles. The van der Waals surface area contributed by atoms with Crippen molar-refractivity contribution in [3.8, 4) is 5.75 Å². The van der Waals surface area contributed by atoms with Gasteiger partial charge in [-0.1, -0.05) is 23.8 Å². The van der Waals surface area contributed by atoms with E-state index in [2.05, 4.69) is 15.8 Å². The van der Waals surface area contributed by atoms with Crippen molar-refractivity contribution in [3.05, 3.63) is 95.1 Å². The minimum atomic E-state index is -0.374. The Morgan fingerprint density at radius 2 is 1.62 bits per heavy atom. The number of anilines is 1. The molecule has 0 aliphatic rings. The van der Waals surface area contributed by atoms with Gasteiger partial charge in [0.1, 0.15) is 5.75 Å². The van der Waals surface area contributed by atoms with E-state index in [0.717, 1.165) is 16.9 Å². The van der Waals surface area contributed by atoms with E-state index in [9.17, 15) is 9.59 Å². The van der Waals surface area contributed by atoms with E-state index in [1.54, 1.807) is 49.7 Å². The van der Waals surface area contributed by atoms with Crippen LogP contribution in [0, 0.1) is 6.92 Å². The maximum Gasteiger partial charge on any atom is 0.271 e. The first-order valence-electron chi connectivity index (χ1n) is 9.01. The molecule has 3 rings (SSSR count). The molecule has 0 aliphatic carbocycles. The number of ether oxygens (including phenoxy) is 1. The Labute approximate surface area is 169 Å². The van der Waals surface area contributed by atoms with Crippen LogP contribution in [0.3, 0.4) is 0 Å². The molecule has 0 aromatic heterocycles. The first-order valence-corrected chi connectivity index (χ1v) is 9.01. The highest BCUT2D eigenvalue weighted by atomic mass is 16.5. The highest BCUT2D eigenvalue weighted by Gasteiger charge is 2.09. The van der Waals surface area contributed by atoms with Crippen LogP contribution in [0.15, 0.2) is 77.9 Å². The summed E-state index contributed by atoms with van der Waals surface area (Å²) in [4.78, 5) is 24.7. The lowest BCUT2D eigenvalue weighted by Crippen LogP contribution is -2.18. The van der Waals surface area contributed by atoms with E-state index >= 15 is 0 Å². The van der Waals surface area contributed by atoms with Gasteiger partial charge in [0.15, 0.2) is 0 Å². The molecule has 6 nitrogen and oxygen atoms in total. The molecule has 0 heterocycles. The predicted molar refractivity (Wildman–Crippen MR) is 114 cm³/mol. The molecule has 0 saturated carbocycles. The van der Waals surface area contributed by atoms with Crippen molar-refractivity contribution in [2.75, 3.05) is 12.4 Å². The minimum Gasteiger partial charge on any atom is -0.497 e. The van der Waals surface area contributed by atoms with Crippen LogP contribution in [0.2, 0.25) is 0 Å². The number of hydrogen-bond acceptors (Lipinski definition) is 4. The van der Waals surface area contributed by atoms with Gasteiger partial charge >= 0.3 is 0 Å². The molecule has 0 fully saturated rings. The number of hydrazone groups is 1. The molecule has 0 bridgehead atoms. The number of amides is 2. The van der Waals surface area contributed by atoms with Gasteiger partial charge in [0.25, 0.3) is 11.8 Å². The number of aryl methyl sites for hydroxylation is 1. The standard InChI is InChI=1S/C23H21N3O3/c1-16-6-10-18(11-7-16)22(27)25-20-5-3-4-19(14-20)23(28)26-24-15-17-8-12-21(29-2)13-9-17/h3-15H,1-2H3,(H,25,27)(H,26,28). The normalized spacial score (nSPS) is 10.6. The van der Waals surface area contributed by atoms with Gasteiger partial charge in [-0.05, 0) is 67.1 Å². The highest BCUT2D eigenvalue weighted by Crippen LogP contribution is 2.13. The second kappa shape index (κ2) is 9.32. The highest BCUT2D eigenvalue weighted by molar-refractivity contribution is 6.05. The van der Waals surface area contributed by atoms with Gasteiger partial charge in [-0.3, -0.25) is 9.59 Å². The quantitative estimate of drug-likeness (QED) is 0.495. The van der Waals surface area contributed by atoms with Gasteiger partial charge in [0.05, 0.1) is 13.3 Å². The maximum absolute atomic E-state index is 12.3. The second-order valence-corrected chi connectivity index (χ2v) is 6.37. The lowest BCUT2D eigenvalue weighted by Gasteiger charge is -2.07. The third-order valence-electron chi connectivity index (χ3n) is 4.19. The van der Waals surface area contributed by atoms with Gasteiger partial charge in [0, 0.05) is 16.8 Å². The number of nitrogens with zero attached hydrogens (tertiary/aromatic N) is 1. The van der Waals surface area contributed by atoms with Crippen molar-refractivity contribution in [2.24, 2.45) is 5.10 Å². The summed E-state index contributed by atoms with van der Waals surface area (Å²) < 4.78 is 5.10. The molecular weight excluding hydrogens is 366 g/mol. The molecule has 0 radical (unpaired) electrons. The average molecular weight is 387 g/mol. The van der Waals surface area contributed by atoms with E-state index in [4.69, 9.17) is 4.74 Å². The number of benzene rings is 3. The van der Waals surface area contributed by atoms with Gasteiger partial charge in [-0.25, -0.2) is 5.43 Å². The van der Waals surface area contributed by atoms with Crippen molar-refractivity contribution < 1.29 is 14.3 Å². The first kappa shape index (κ1) is 19.8. The average Bonchev–Trinajstić information content (AvgIpc) is 2.75. The number of carbonyl (C=O) groups excluding carboxylic acids is 2. The van der Waals surface area contributed by atoms with E-state index in [1.807, 2.05) is 43.3 Å². The monoisotopic (exact) mass is 387 g/mol. The van der Waals surface area contributed by atoms with Crippen LogP contribution in [-0.2, 0) is 0 Å². The number of hydrogen-bond donors (Lipinski definition) is 2. The van der Waals surface area contributed by atoms with Crippen molar-refractivity contribution >= 4 is 23.7 Å². The molecule has 146 valence electrons. The SMILES string of the molecule is COc1ccc(C=NNC(=O)c2cccc(NC(=O)c3ccc(C)cc3)c2)cc1. The van der Waals surface area contributed by atoms with Gasteiger partial charge < -0.3 is 10.1 Å². The zero-order valence-electron chi connectivity index (χ0n) is 16.2. The van der Waals surface area contributed by atoms with Crippen LogP contribution in [0.5, 0.6) is 5.75 Å². The summed E-state index contributed by atoms with van der Waals surface area (Å²) in [5.74, 6) is 0.136. The Morgan fingerprint density at radius 1 is 0.897 bits per heavy atom. The molecule has 2 amide bonds. The molecule has 29 heavy (non-hydrogen) atoms. The summed E-state index contributed by atoms with van der Waals surface area (Å²) in [5, 5.41) is 6.76. The van der Waals surface area contributed by atoms with E-state index < -0.39 is 0 Å². The van der Waals surface area contributed by atoms with Crippen molar-refractivity contribution in [1.29, 1.82) is 0 Å². The van der Waals surface area contributed by atoms with Crippen molar-refractivity contribution in [3.63, 3.8) is 0 Å². The van der Waals surface area contributed by atoms with Crippen LogP contribution in [-0.4, -0.2) is 25.1 Å². The third kappa shape index (κ3) is 5.52. The molecular formula is C23H21N3O3. The summed E-state index contributed by atoms with van der Waals surface area (Å²) in [6.45, 7) is 1.96. The number of rotatable bonds is 6. The fraction of sp³-hybridized carbons (Fsp3) is 0.0870. The molecule has 0 spiro atoms. The second-order valence-electron chi connectivity index (χ2n) is 6.37. The summed E-state index contributed by atoms with van der Waals surface area (Å²) in [6.07, 6.45) is 1.54. The molecule has 0 unspecified atom stereocenters. The van der Waals surface area contributed by atoms with Crippen LogP contribution in [0.25, 0.3) is 0 Å². The zero-order chi connectivity index (χ0) is 20.6. The number of methoxy groups -OCH3 is 1. The van der Waals surface area contributed by atoms with Crippen LogP contribution in [0.4, 0.5) is 5.69 Å². The third-order valence-corrected chi connectivity index (χ3v) is 4.19. The van der Waals surface area contributed by atoms with E-state index in [-0.39, 0.29) is 11.8 Å². The Hall–Kier alpha value is -3.93. The van der Waals surface area contributed by atoms with Crippen LogP contribution >= 0.6 is 0 Å². The molecule has 6 heteroatoms. The smallest absolute Gasteiger partial charge is 0.271 e. The largest absolute Gasteiger partial charge is 0.497 e. The lowest BCUT2D eigenvalue weighted by atomic mass is 10.1. The van der Waals surface area contributed by atoms with Crippen LogP contribution in [0.1, 0.15) is 31.8 Å². The molecule has 2 N–H and O–H groups in total. The summed E-state index contributed by atoms with van der Waals surface area (Å²) >= 11 is 0. The fourth-order valence-corrected chi connectivity index (χ4v) is 2.57. The van der Waals surface area contributed by atoms with Gasteiger partial charge in [-0.2, -0.15) is 5.10 Å². The predicted octanol–water partition coefficient (Wildman–Crippen LogP) is 4.02. The van der Waals surface area contributed by atoms with Crippen LogP contribution < -0.4 is 15.5 Å². The Balaban J connectivity index is 1.61. The molecule has 0 aliphatic heterocycles. The Bertz CT molecular complexity index is 1030. The fourth-order valence-electron chi connectivity index (χ4n) is 2.57. The lowest BCUT2D eigenvalue weighted by molar-refractivity contribution is 0.0953. The maximum atomic E-state index is 12.3. The number of carbonyl (C=O) groups is 2. The van der Waals surface area contributed by atoms with Crippen molar-refractivity contribution in [1.82, 2.24) is 5.43 Å². The Kier molecular flexibility index (Phi) is 6.37. The first-order chi connectivity index (χ1) is 14.0. The minimum absolute atomic E-state index is 0.236. The zero-order valence-corrected chi connectivity index (χ0v) is 16.2. The van der Waals surface area contributed by atoms with Crippen molar-refractivity contribution in [2.45, 2.75) is 6.92 Å². The molecule has 0 atom stereocenters. The topological polar surface area (TPSA) is 79.8 Å².